The predicted molar refractivity (Wildman–Crippen MR) is 112 cm³/mol. The second-order valence-electron chi connectivity index (χ2n) is 7.98. The maximum Gasteiger partial charge on any atom is 0.280 e. The first-order valence-corrected chi connectivity index (χ1v) is 10.2. The highest BCUT2D eigenvalue weighted by Gasteiger charge is 2.46. The number of aromatic nitrogens is 4. The molecule has 0 bridgehead atoms. The summed E-state index contributed by atoms with van der Waals surface area (Å²) in [6, 6.07) is 10.1. The zero-order valence-electron chi connectivity index (χ0n) is 16.6. The lowest BCUT2D eigenvalue weighted by molar-refractivity contribution is -0.0504. The molecular weight excluding hydrogens is 404 g/mol. The van der Waals surface area contributed by atoms with Gasteiger partial charge in [-0.1, -0.05) is 30.3 Å². The quantitative estimate of drug-likeness (QED) is 0.362. The molecule has 11 heteroatoms. The van der Waals surface area contributed by atoms with Crippen molar-refractivity contribution in [2.24, 2.45) is 0 Å². The summed E-state index contributed by atoms with van der Waals surface area (Å²) in [4.78, 5) is 25.7. The van der Waals surface area contributed by atoms with Gasteiger partial charge in [-0.05, 0) is 12.0 Å². The third-order valence-electron chi connectivity index (χ3n) is 6.06. The van der Waals surface area contributed by atoms with E-state index in [-0.39, 0.29) is 23.0 Å². The molecule has 0 radical (unpaired) electrons. The van der Waals surface area contributed by atoms with Crippen LogP contribution in [0.4, 0.5) is 11.9 Å². The van der Waals surface area contributed by atoms with Gasteiger partial charge in [0, 0.05) is 19.0 Å². The summed E-state index contributed by atoms with van der Waals surface area (Å²) >= 11 is 0. The van der Waals surface area contributed by atoms with Gasteiger partial charge in [0.2, 0.25) is 11.9 Å². The van der Waals surface area contributed by atoms with Crippen molar-refractivity contribution < 1.29 is 20.1 Å². The van der Waals surface area contributed by atoms with Crippen LogP contribution in [0.3, 0.4) is 0 Å². The highest BCUT2D eigenvalue weighted by atomic mass is 16.6. The van der Waals surface area contributed by atoms with Gasteiger partial charge in [0.25, 0.3) is 5.56 Å². The van der Waals surface area contributed by atoms with Gasteiger partial charge >= 0.3 is 0 Å². The van der Waals surface area contributed by atoms with E-state index in [4.69, 9.17) is 10.5 Å². The van der Waals surface area contributed by atoms with Crippen LogP contribution in [0.5, 0.6) is 0 Å². The molecule has 6 N–H and O–H groups in total. The minimum absolute atomic E-state index is 0.0603. The smallest absolute Gasteiger partial charge is 0.280 e. The number of aromatic amines is 1. The lowest BCUT2D eigenvalue weighted by Crippen LogP contribution is -2.34. The molecule has 0 spiro atoms. The van der Waals surface area contributed by atoms with Crippen molar-refractivity contribution in [3.63, 3.8) is 0 Å². The highest BCUT2D eigenvalue weighted by molar-refractivity contribution is 5.75. The molecule has 0 aliphatic carbocycles. The summed E-state index contributed by atoms with van der Waals surface area (Å²) in [5.41, 5.74) is 6.66. The van der Waals surface area contributed by atoms with Gasteiger partial charge < -0.3 is 30.7 Å². The first-order valence-electron chi connectivity index (χ1n) is 10.2. The predicted octanol–water partition coefficient (Wildman–Crippen LogP) is -0.693. The molecular formula is C20H24N6O5. The number of anilines is 2. The number of aliphatic hydroxyl groups excluding tert-OH is 3. The van der Waals surface area contributed by atoms with Crippen molar-refractivity contribution in [3.05, 3.63) is 46.2 Å². The fourth-order valence-corrected chi connectivity index (χ4v) is 4.48. The van der Waals surface area contributed by atoms with E-state index in [1.807, 2.05) is 23.1 Å². The first kappa shape index (κ1) is 19.9. The van der Waals surface area contributed by atoms with Gasteiger partial charge in [-0.2, -0.15) is 4.98 Å². The summed E-state index contributed by atoms with van der Waals surface area (Å²) in [7, 11) is 0. The number of aliphatic hydroxyl groups is 3. The van der Waals surface area contributed by atoms with Gasteiger partial charge in [0.05, 0.1) is 6.61 Å². The topological polar surface area (TPSA) is 163 Å². The summed E-state index contributed by atoms with van der Waals surface area (Å²) in [6.07, 6.45) is -3.81. The van der Waals surface area contributed by atoms with Crippen LogP contribution in [0.2, 0.25) is 0 Å². The van der Waals surface area contributed by atoms with E-state index in [2.05, 4.69) is 27.1 Å². The molecule has 2 aliphatic rings. The molecule has 2 aliphatic heterocycles. The average Bonchev–Trinajstić information content (AvgIpc) is 3.46. The number of H-pyrrole nitrogens is 1. The maximum absolute atomic E-state index is 12.5. The zero-order chi connectivity index (χ0) is 21.7. The minimum Gasteiger partial charge on any atom is -0.394 e. The fraction of sp³-hybridized carbons (Fsp3) is 0.450. The zero-order valence-corrected chi connectivity index (χ0v) is 16.6. The van der Waals surface area contributed by atoms with Gasteiger partial charge in [0.15, 0.2) is 17.4 Å². The van der Waals surface area contributed by atoms with E-state index in [1.54, 1.807) is 0 Å². The number of fused-ring (bicyclic) bond motifs is 1. The Morgan fingerprint density at radius 3 is 2.68 bits per heavy atom. The number of nitrogens with two attached hydrogens (primary N) is 1. The van der Waals surface area contributed by atoms with Crippen LogP contribution in [-0.4, -0.2) is 72.8 Å². The van der Waals surface area contributed by atoms with Gasteiger partial charge in [-0.15, -0.1) is 0 Å². The second-order valence-corrected chi connectivity index (χ2v) is 7.98. The maximum atomic E-state index is 12.5. The minimum atomic E-state index is -1.34. The van der Waals surface area contributed by atoms with E-state index < -0.39 is 36.7 Å². The van der Waals surface area contributed by atoms with Crippen molar-refractivity contribution in [1.82, 2.24) is 19.5 Å². The lowest BCUT2D eigenvalue weighted by atomic mass is 9.99. The molecule has 0 unspecified atom stereocenters. The van der Waals surface area contributed by atoms with Crippen LogP contribution in [0.15, 0.2) is 35.1 Å². The molecule has 2 saturated heterocycles. The van der Waals surface area contributed by atoms with E-state index in [0.29, 0.717) is 19.0 Å². The SMILES string of the molecule is Nc1nc2c(nc(N3CC[C@H](c4ccccc4)C3)n2[C@H]2O[C@@H](CO)[C@@H](O)[C@H]2O)c(=O)[nH]1. The Bertz CT molecular complexity index is 1150. The van der Waals surface area contributed by atoms with Crippen LogP contribution in [-0.2, 0) is 4.74 Å². The number of nitrogen functional groups attached to an aromatic ring is 1. The molecule has 0 saturated carbocycles. The lowest BCUT2D eigenvalue weighted by Gasteiger charge is -2.24. The van der Waals surface area contributed by atoms with Crippen LogP contribution in [0, 0.1) is 0 Å². The van der Waals surface area contributed by atoms with E-state index in [0.717, 1.165) is 6.42 Å². The number of ether oxygens (including phenoxy) is 1. The Morgan fingerprint density at radius 2 is 1.97 bits per heavy atom. The number of nitrogens with one attached hydrogen (secondary N) is 1. The Morgan fingerprint density at radius 1 is 1.19 bits per heavy atom. The Labute approximate surface area is 176 Å². The largest absolute Gasteiger partial charge is 0.394 e. The standard InChI is InChI=1S/C20H24N6O5/c21-19-23-16-13(17(30)24-19)22-20(26(16)18-15(29)14(28)12(9-27)31-18)25-7-6-11(8-25)10-4-2-1-3-5-10/h1-5,11-12,14-15,18,27-29H,6-9H2,(H3,21,23,24,30)/t11-,12-,14+,15+,18-/m0/s1. The summed E-state index contributed by atoms with van der Waals surface area (Å²) in [5.74, 6) is 0.573. The third-order valence-corrected chi connectivity index (χ3v) is 6.06. The van der Waals surface area contributed by atoms with Gasteiger partial charge in [0.1, 0.15) is 18.3 Å². The summed E-state index contributed by atoms with van der Waals surface area (Å²) in [6.45, 7) is 0.854. The van der Waals surface area contributed by atoms with E-state index in [1.165, 1.54) is 10.1 Å². The number of rotatable bonds is 4. The average molecular weight is 428 g/mol. The number of hydrogen-bond donors (Lipinski definition) is 5. The Kier molecular flexibility index (Phi) is 4.89. The van der Waals surface area contributed by atoms with Crippen molar-refractivity contribution in [3.8, 4) is 0 Å². The van der Waals surface area contributed by atoms with Crippen molar-refractivity contribution in [2.45, 2.75) is 36.9 Å². The Hall–Kier alpha value is -2.99. The monoisotopic (exact) mass is 428 g/mol. The summed E-state index contributed by atoms with van der Waals surface area (Å²) in [5, 5.41) is 30.4. The molecule has 1 aromatic carbocycles. The van der Waals surface area contributed by atoms with Crippen molar-refractivity contribution in [2.75, 3.05) is 30.3 Å². The molecule has 11 nitrogen and oxygen atoms in total. The molecule has 2 aromatic heterocycles. The fourth-order valence-electron chi connectivity index (χ4n) is 4.48. The van der Waals surface area contributed by atoms with Crippen LogP contribution >= 0.6 is 0 Å². The molecule has 0 amide bonds. The number of benzene rings is 1. The van der Waals surface area contributed by atoms with E-state index >= 15 is 0 Å². The summed E-state index contributed by atoms with van der Waals surface area (Å²) < 4.78 is 7.23. The van der Waals surface area contributed by atoms with Gasteiger partial charge in [-0.25, -0.2) is 4.98 Å². The van der Waals surface area contributed by atoms with Crippen LogP contribution in [0.1, 0.15) is 24.1 Å². The normalized spacial score (nSPS) is 28.6. The number of hydrogen-bond acceptors (Lipinski definition) is 9. The first-order chi connectivity index (χ1) is 15.0. The van der Waals surface area contributed by atoms with Crippen molar-refractivity contribution >= 4 is 23.1 Å². The van der Waals surface area contributed by atoms with E-state index in [9.17, 15) is 20.1 Å². The number of nitrogens with zero attached hydrogens (tertiary/aromatic N) is 4. The second kappa shape index (κ2) is 7.61. The molecule has 4 heterocycles. The molecule has 5 rings (SSSR count). The molecule has 2 fully saturated rings. The molecule has 164 valence electrons. The van der Waals surface area contributed by atoms with Crippen LogP contribution in [0.25, 0.3) is 11.2 Å². The van der Waals surface area contributed by atoms with Gasteiger partial charge in [-0.3, -0.25) is 14.3 Å². The molecule has 5 atom stereocenters. The molecule has 3 aromatic rings. The third kappa shape index (κ3) is 3.26. The van der Waals surface area contributed by atoms with Crippen LogP contribution < -0.4 is 16.2 Å². The Balaban J connectivity index is 1.59. The van der Waals surface area contributed by atoms with Crippen molar-refractivity contribution in [1.29, 1.82) is 0 Å². The molecule has 31 heavy (non-hydrogen) atoms. The highest BCUT2D eigenvalue weighted by Crippen LogP contribution is 2.37. The number of imidazole rings is 1.